The summed E-state index contributed by atoms with van der Waals surface area (Å²) in [5, 5.41) is 9.27. The van der Waals surface area contributed by atoms with Gasteiger partial charge in [-0.05, 0) is 48.9 Å². The molecule has 0 spiro atoms. The third kappa shape index (κ3) is 3.73. The van der Waals surface area contributed by atoms with Crippen molar-refractivity contribution in [2.45, 2.75) is 20.1 Å². The maximum Gasteiger partial charge on any atom is 0.123 e. The third-order valence-corrected chi connectivity index (χ3v) is 3.46. The van der Waals surface area contributed by atoms with Crippen LogP contribution in [0.25, 0.3) is 0 Å². The molecule has 112 valence electrons. The van der Waals surface area contributed by atoms with Crippen molar-refractivity contribution in [2.75, 3.05) is 18.6 Å². The standard InChI is InChI=1S/C17H20FNO2/c1-3-19(16-7-5-15(18)6-8-16)11-14-10-13(12-20)4-9-17(14)21-2/h4-10,20H,3,11-12H2,1-2H3. The van der Waals surface area contributed by atoms with Crippen molar-refractivity contribution in [1.82, 2.24) is 0 Å². The van der Waals surface area contributed by atoms with E-state index in [2.05, 4.69) is 4.90 Å². The van der Waals surface area contributed by atoms with Crippen LogP contribution in [-0.4, -0.2) is 18.8 Å². The molecule has 0 radical (unpaired) electrons. The first-order chi connectivity index (χ1) is 10.2. The number of halogens is 1. The van der Waals surface area contributed by atoms with Gasteiger partial charge in [-0.3, -0.25) is 0 Å². The van der Waals surface area contributed by atoms with Crippen molar-refractivity contribution < 1.29 is 14.2 Å². The molecule has 2 aromatic rings. The number of aliphatic hydroxyl groups is 1. The molecule has 0 aliphatic carbocycles. The predicted molar refractivity (Wildman–Crippen MR) is 82.0 cm³/mol. The Labute approximate surface area is 124 Å². The summed E-state index contributed by atoms with van der Waals surface area (Å²) in [5.41, 5.74) is 2.80. The van der Waals surface area contributed by atoms with Crippen LogP contribution >= 0.6 is 0 Å². The minimum absolute atomic E-state index is 0.000330. The van der Waals surface area contributed by atoms with Crippen LogP contribution in [0.1, 0.15) is 18.1 Å². The minimum atomic E-state index is -0.241. The number of aliphatic hydroxyl groups excluding tert-OH is 1. The van der Waals surface area contributed by atoms with Gasteiger partial charge < -0.3 is 14.7 Å². The molecule has 0 aliphatic rings. The summed E-state index contributed by atoms with van der Waals surface area (Å²) in [6, 6.07) is 12.1. The van der Waals surface area contributed by atoms with Crippen LogP contribution in [0.15, 0.2) is 42.5 Å². The molecular weight excluding hydrogens is 269 g/mol. The molecule has 0 bridgehead atoms. The fraction of sp³-hybridized carbons (Fsp3) is 0.294. The minimum Gasteiger partial charge on any atom is -0.496 e. The molecular formula is C17H20FNO2. The zero-order valence-corrected chi connectivity index (χ0v) is 12.3. The average molecular weight is 289 g/mol. The lowest BCUT2D eigenvalue weighted by Gasteiger charge is -2.24. The van der Waals surface area contributed by atoms with Gasteiger partial charge in [-0.2, -0.15) is 0 Å². The molecule has 0 heterocycles. The van der Waals surface area contributed by atoms with E-state index in [0.717, 1.165) is 29.1 Å². The molecule has 21 heavy (non-hydrogen) atoms. The van der Waals surface area contributed by atoms with Crippen molar-refractivity contribution in [3.05, 3.63) is 59.4 Å². The van der Waals surface area contributed by atoms with Crippen LogP contribution in [0, 0.1) is 5.82 Å². The lowest BCUT2D eigenvalue weighted by atomic mass is 10.1. The van der Waals surface area contributed by atoms with Crippen molar-refractivity contribution >= 4 is 5.69 Å². The molecule has 0 unspecified atom stereocenters. The van der Waals surface area contributed by atoms with E-state index < -0.39 is 0 Å². The summed E-state index contributed by atoms with van der Waals surface area (Å²) in [4.78, 5) is 2.12. The number of methoxy groups -OCH3 is 1. The number of ether oxygens (including phenoxy) is 1. The summed E-state index contributed by atoms with van der Waals surface area (Å²) in [6.45, 7) is 3.47. The van der Waals surface area contributed by atoms with Gasteiger partial charge in [-0.15, -0.1) is 0 Å². The quantitative estimate of drug-likeness (QED) is 0.885. The third-order valence-electron chi connectivity index (χ3n) is 3.46. The van der Waals surface area contributed by atoms with Gasteiger partial charge in [0.05, 0.1) is 13.7 Å². The Hall–Kier alpha value is -2.07. The highest BCUT2D eigenvalue weighted by Crippen LogP contribution is 2.24. The monoisotopic (exact) mass is 289 g/mol. The van der Waals surface area contributed by atoms with E-state index in [4.69, 9.17) is 4.74 Å². The van der Waals surface area contributed by atoms with Gasteiger partial charge in [-0.25, -0.2) is 4.39 Å². The molecule has 1 N–H and O–H groups in total. The Morgan fingerprint density at radius 3 is 2.43 bits per heavy atom. The van der Waals surface area contributed by atoms with Crippen LogP contribution in [0.2, 0.25) is 0 Å². The van der Waals surface area contributed by atoms with Crippen LogP contribution in [0.4, 0.5) is 10.1 Å². The number of hydrogen-bond acceptors (Lipinski definition) is 3. The SMILES string of the molecule is CCN(Cc1cc(CO)ccc1OC)c1ccc(F)cc1. The summed E-state index contributed by atoms with van der Waals surface area (Å²) in [6.07, 6.45) is 0. The number of rotatable bonds is 6. The molecule has 0 saturated heterocycles. The Morgan fingerprint density at radius 2 is 1.86 bits per heavy atom. The number of benzene rings is 2. The van der Waals surface area contributed by atoms with Crippen LogP contribution in [0.3, 0.4) is 0 Å². The molecule has 0 aromatic heterocycles. The predicted octanol–water partition coefficient (Wildman–Crippen LogP) is 3.35. The summed E-state index contributed by atoms with van der Waals surface area (Å²) in [7, 11) is 1.63. The van der Waals surface area contributed by atoms with Gasteiger partial charge in [0.1, 0.15) is 11.6 Å². The van der Waals surface area contributed by atoms with Crippen molar-refractivity contribution in [1.29, 1.82) is 0 Å². The first-order valence-electron chi connectivity index (χ1n) is 6.95. The average Bonchev–Trinajstić information content (AvgIpc) is 2.53. The van der Waals surface area contributed by atoms with E-state index in [1.807, 2.05) is 25.1 Å². The Balaban J connectivity index is 2.27. The molecule has 2 aromatic carbocycles. The first kappa shape index (κ1) is 15.3. The second-order valence-corrected chi connectivity index (χ2v) is 4.79. The second kappa shape index (κ2) is 7.09. The molecule has 0 saturated carbocycles. The van der Waals surface area contributed by atoms with Crippen LogP contribution < -0.4 is 9.64 Å². The summed E-state index contributed by atoms with van der Waals surface area (Å²) >= 11 is 0. The van der Waals surface area contributed by atoms with Crippen molar-refractivity contribution in [3.63, 3.8) is 0 Å². The van der Waals surface area contributed by atoms with E-state index in [-0.39, 0.29) is 12.4 Å². The Morgan fingerprint density at radius 1 is 1.14 bits per heavy atom. The maximum atomic E-state index is 13.0. The zero-order chi connectivity index (χ0) is 15.2. The Bertz CT molecular complexity index is 584. The van der Waals surface area contributed by atoms with Gasteiger partial charge in [-0.1, -0.05) is 6.07 Å². The fourth-order valence-electron chi connectivity index (χ4n) is 2.30. The fourth-order valence-corrected chi connectivity index (χ4v) is 2.30. The van der Waals surface area contributed by atoms with Crippen LogP contribution in [-0.2, 0) is 13.2 Å². The maximum absolute atomic E-state index is 13.0. The van der Waals surface area contributed by atoms with E-state index in [9.17, 15) is 9.50 Å². The highest BCUT2D eigenvalue weighted by atomic mass is 19.1. The molecule has 0 amide bonds. The number of nitrogens with zero attached hydrogens (tertiary/aromatic N) is 1. The smallest absolute Gasteiger partial charge is 0.123 e. The molecule has 4 heteroatoms. The molecule has 0 aliphatic heterocycles. The van der Waals surface area contributed by atoms with Gasteiger partial charge in [0.2, 0.25) is 0 Å². The van der Waals surface area contributed by atoms with Gasteiger partial charge >= 0.3 is 0 Å². The van der Waals surface area contributed by atoms with Gasteiger partial charge in [0.15, 0.2) is 0 Å². The van der Waals surface area contributed by atoms with Gasteiger partial charge in [0.25, 0.3) is 0 Å². The van der Waals surface area contributed by atoms with E-state index in [1.54, 1.807) is 19.2 Å². The lowest BCUT2D eigenvalue weighted by Crippen LogP contribution is -2.22. The molecule has 0 atom stereocenters. The normalized spacial score (nSPS) is 10.5. The van der Waals surface area contributed by atoms with E-state index in [0.29, 0.717) is 6.54 Å². The van der Waals surface area contributed by atoms with Gasteiger partial charge in [0, 0.05) is 24.3 Å². The molecule has 0 fully saturated rings. The van der Waals surface area contributed by atoms with Crippen molar-refractivity contribution in [2.24, 2.45) is 0 Å². The second-order valence-electron chi connectivity index (χ2n) is 4.79. The Kier molecular flexibility index (Phi) is 5.17. The topological polar surface area (TPSA) is 32.7 Å². The summed E-state index contributed by atoms with van der Waals surface area (Å²) in [5.74, 6) is 0.544. The van der Waals surface area contributed by atoms with Crippen molar-refractivity contribution in [3.8, 4) is 5.75 Å². The van der Waals surface area contributed by atoms with E-state index in [1.165, 1.54) is 12.1 Å². The highest BCUT2D eigenvalue weighted by molar-refractivity contribution is 5.48. The van der Waals surface area contributed by atoms with E-state index >= 15 is 0 Å². The number of hydrogen-bond donors (Lipinski definition) is 1. The van der Waals surface area contributed by atoms with Crippen LogP contribution in [0.5, 0.6) is 5.75 Å². The highest BCUT2D eigenvalue weighted by Gasteiger charge is 2.10. The lowest BCUT2D eigenvalue weighted by molar-refractivity contribution is 0.281. The molecule has 3 nitrogen and oxygen atoms in total. The summed E-state index contributed by atoms with van der Waals surface area (Å²) < 4.78 is 18.4. The largest absolute Gasteiger partial charge is 0.496 e. The zero-order valence-electron chi connectivity index (χ0n) is 12.3. The number of anilines is 1. The molecule has 2 rings (SSSR count). The first-order valence-corrected chi connectivity index (χ1v) is 6.95.